The molecule has 0 aliphatic carbocycles. The zero-order valence-corrected chi connectivity index (χ0v) is 46.1. The number of aromatic nitrogens is 1. The van der Waals surface area contributed by atoms with Gasteiger partial charge in [0.1, 0.15) is 48.5 Å². The van der Waals surface area contributed by atoms with Gasteiger partial charge in [0.2, 0.25) is 0 Å². The van der Waals surface area contributed by atoms with Gasteiger partial charge in [0.15, 0.2) is 18.9 Å². The van der Waals surface area contributed by atoms with Gasteiger partial charge in [-0.15, -0.1) is 0 Å². The monoisotopic (exact) mass is 1060 g/mol. The lowest BCUT2D eigenvalue weighted by molar-refractivity contribution is -0.351. The largest absolute Gasteiger partial charge is 0.462 e. The Morgan fingerprint density at radius 2 is 1.73 bits per heavy atom. The van der Waals surface area contributed by atoms with Gasteiger partial charge in [0.25, 0.3) is 0 Å². The highest BCUT2D eigenvalue weighted by Crippen LogP contribution is 2.40. The number of aldehydes is 1. The van der Waals surface area contributed by atoms with Crippen LogP contribution in [0.1, 0.15) is 125 Å². The summed E-state index contributed by atoms with van der Waals surface area (Å²) in [6, 6.07) is 9.05. The van der Waals surface area contributed by atoms with Crippen molar-refractivity contribution in [3.05, 3.63) is 48.2 Å². The molecule has 19 nitrogen and oxygen atoms in total. The van der Waals surface area contributed by atoms with Crippen molar-refractivity contribution in [1.29, 1.82) is 0 Å². The number of cyclic esters (lactones) is 1. The minimum atomic E-state index is -1.43. The van der Waals surface area contributed by atoms with E-state index in [1.165, 1.54) is 7.11 Å². The Balaban J connectivity index is 1.45. The SMILES string of the molecule is CCCC(O)O[C@H]1C(C)O[C@@H](O[C@H]2C(C)O[C@@H](O[C@H]3[C@@H](CC=O)C[C@@H](C)[C@@H](O)CN(C)CCC[C@H](C/C=C/c4cnc5ccccc5c4)OC(=O)C[C@@H](OC(=O)CC)[C@@H]3OC)C(O)C2N(C)C)CC1(C)OC(=O)CC. The number of esters is 3. The van der Waals surface area contributed by atoms with Crippen LogP contribution in [0.25, 0.3) is 17.0 Å². The van der Waals surface area contributed by atoms with Crippen molar-refractivity contribution in [3.63, 3.8) is 0 Å². The van der Waals surface area contributed by atoms with E-state index in [9.17, 15) is 34.5 Å². The van der Waals surface area contributed by atoms with E-state index in [0.717, 1.165) is 22.8 Å². The van der Waals surface area contributed by atoms with Gasteiger partial charge in [0, 0.05) is 57.3 Å². The fraction of sp³-hybridized carbons (Fsp3) is 0.732. The number of likely N-dealkylation sites (N-methyl/N-ethyl adjacent to an activating group) is 2. The maximum atomic E-state index is 14.2. The standard InChI is InChI=1S/C56H87N3O16/c1-12-19-46(64)72-54-36(6)68-48(31-56(54,7)75-45(63)14-3)73-51-35(5)69-55(50(66)49(51)58(8)9)74-52-39(25-27-60)28-34(4)42(61)33-59(10)26-18-23-40(70-47(65)30-43(53(52)67-11)71-44(62)13-2)22-17-20-37-29-38-21-15-16-24-41(38)57-32-37/h15-17,20-21,24,27,29,32,34-36,39-40,42-43,46,48-55,61,64,66H,12-14,18-19,22-23,25-26,28,30-31,33H2,1-11H3/b20-17+/t34-,35?,36?,39+,40+,42+,43-,46?,48+,49?,50?,51+,52+,53+,54+,55+,56?/m1/s1. The fourth-order valence-electron chi connectivity index (χ4n) is 10.7. The van der Waals surface area contributed by atoms with E-state index in [1.54, 1.807) is 59.8 Å². The Bertz CT molecular complexity index is 2130. The average molecular weight is 1060 g/mol. The second kappa shape index (κ2) is 29.7. The summed E-state index contributed by atoms with van der Waals surface area (Å²) in [7, 11) is 6.85. The minimum absolute atomic E-state index is 0.0227. The summed E-state index contributed by atoms with van der Waals surface area (Å²) in [5.41, 5.74) is 0.496. The van der Waals surface area contributed by atoms with Crippen molar-refractivity contribution in [2.24, 2.45) is 11.8 Å². The number of nitrogens with zero attached hydrogens (tertiary/aromatic N) is 3. The predicted octanol–water partition coefficient (Wildman–Crippen LogP) is 5.75. The number of para-hydroxylation sites is 1. The van der Waals surface area contributed by atoms with E-state index in [-0.39, 0.29) is 38.0 Å². The zero-order valence-electron chi connectivity index (χ0n) is 46.1. The van der Waals surface area contributed by atoms with Crippen molar-refractivity contribution in [2.45, 2.75) is 211 Å². The van der Waals surface area contributed by atoms with Crippen LogP contribution in [0.3, 0.4) is 0 Å². The quantitative estimate of drug-likeness (QED) is 0.0658. The number of ether oxygens (including phenoxy) is 9. The molecule has 2 aromatic rings. The maximum absolute atomic E-state index is 14.2. The third-order valence-corrected chi connectivity index (χ3v) is 14.7. The van der Waals surface area contributed by atoms with Crippen LogP contribution in [-0.2, 0) is 61.8 Å². The minimum Gasteiger partial charge on any atom is -0.462 e. The summed E-state index contributed by atoms with van der Waals surface area (Å²) in [5, 5.41) is 35.8. The maximum Gasteiger partial charge on any atom is 0.309 e. The molecular formula is C56H87N3O16. The van der Waals surface area contributed by atoms with Crippen molar-refractivity contribution in [3.8, 4) is 0 Å². The third kappa shape index (κ3) is 17.5. The summed E-state index contributed by atoms with van der Waals surface area (Å²) >= 11 is 0. The molecule has 19 heteroatoms. The zero-order chi connectivity index (χ0) is 55.0. The van der Waals surface area contributed by atoms with Gasteiger partial charge in [-0.2, -0.15) is 0 Å². The molecule has 1 aromatic heterocycles. The van der Waals surface area contributed by atoms with Crippen molar-refractivity contribution < 1.29 is 77.1 Å². The Hall–Kier alpha value is -3.99. The Labute approximate surface area is 443 Å². The smallest absolute Gasteiger partial charge is 0.309 e. The second-order valence-corrected chi connectivity index (χ2v) is 21.1. The Morgan fingerprint density at radius 1 is 1.00 bits per heavy atom. The van der Waals surface area contributed by atoms with E-state index in [4.69, 9.17) is 42.6 Å². The van der Waals surface area contributed by atoms with Crippen molar-refractivity contribution in [2.75, 3.05) is 41.3 Å². The highest BCUT2D eigenvalue weighted by molar-refractivity contribution is 5.80. The molecular weight excluding hydrogens is 971 g/mol. The lowest BCUT2D eigenvalue weighted by atomic mass is 9.82. The van der Waals surface area contributed by atoms with Crippen LogP contribution in [0.2, 0.25) is 0 Å². The summed E-state index contributed by atoms with van der Waals surface area (Å²) in [4.78, 5) is 61.4. The first-order chi connectivity index (χ1) is 35.7. The van der Waals surface area contributed by atoms with Gasteiger partial charge >= 0.3 is 17.9 Å². The Morgan fingerprint density at radius 3 is 2.41 bits per heavy atom. The van der Waals surface area contributed by atoms with Crippen LogP contribution >= 0.6 is 0 Å². The molecule has 3 N–H and O–H groups in total. The normalized spacial score (nSPS) is 34.5. The Kier molecular flexibility index (Phi) is 24.5. The van der Waals surface area contributed by atoms with Gasteiger partial charge < -0.3 is 72.5 Å². The molecule has 0 spiro atoms. The van der Waals surface area contributed by atoms with E-state index in [2.05, 4.69) is 4.98 Å². The molecule has 4 heterocycles. The number of carbonyl (C=O) groups is 4. The number of β-amino-alcohol motifs (C(OH)–C–C–N with tert-alkyl or cyclic N) is 1. The molecule has 75 heavy (non-hydrogen) atoms. The molecule has 3 aliphatic heterocycles. The van der Waals surface area contributed by atoms with Crippen LogP contribution in [0.15, 0.2) is 42.6 Å². The third-order valence-electron chi connectivity index (χ3n) is 14.7. The molecule has 0 radical (unpaired) electrons. The number of fused-ring (bicyclic) bond motifs is 1. The number of rotatable bonds is 19. The van der Waals surface area contributed by atoms with Crippen LogP contribution in [0, 0.1) is 11.8 Å². The molecule has 5 rings (SSSR count). The molecule has 0 saturated carbocycles. The van der Waals surface area contributed by atoms with Gasteiger partial charge in [-0.05, 0) is 104 Å². The van der Waals surface area contributed by atoms with Crippen LogP contribution in [0.5, 0.6) is 0 Å². The lowest BCUT2D eigenvalue weighted by Crippen LogP contribution is -2.66. The summed E-state index contributed by atoms with van der Waals surface area (Å²) < 4.78 is 57.0. The summed E-state index contributed by atoms with van der Waals surface area (Å²) in [5.74, 6) is -2.83. The first kappa shape index (κ1) is 61.9. The van der Waals surface area contributed by atoms with Crippen molar-refractivity contribution >= 4 is 41.2 Å². The number of pyridine rings is 1. The second-order valence-electron chi connectivity index (χ2n) is 21.1. The van der Waals surface area contributed by atoms with Crippen LogP contribution < -0.4 is 0 Å². The molecule has 422 valence electrons. The number of methoxy groups -OCH3 is 1. The van der Waals surface area contributed by atoms with Crippen molar-refractivity contribution in [1.82, 2.24) is 14.8 Å². The molecule has 0 amide bonds. The number of hydrogen-bond donors (Lipinski definition) is 3. The first-order valence-electron chi connectivity index (χ1n) is 27.0. The number of aliphatic hydroxyl groups excluding tert-OH is 3. The molecule has 3 saturated heterocycles. The molecule has 0 bridgehead atoms. The molecule has 3 aliphatic rings. The van der Waals surface area contributed by atoms with Crippen LogP contribution in [0.4, 0.5) is 0 Å². The molecule has 17 atom stereocenters. The van der Waals surface area contributed by atoms with E-state index < -0.39 is 122 Å². The predicted molar refractivity (Wildman–Crippen MR) is 279 cm³/mol. The molecule has 3 fully saturated rings. The first-order valence-corrected chi connectivity index (χ1v) is 27.0. The summed E-state index contributed by atoms with van der Waals surface area (Å²) in [6.07, 6.45) is -4.39. The number of carbonyl (C=O) groups excluding carboxylic acids is 4. The molecule has 1 aromatic carbocycles. The van der Waals surface area contributed by atoms with Gasteiger partial charge in [-0.1, -0.05) is 64.5 Å². The highest BCUT2D eigenvalue weighted by atomic mass is 16.7. The van der Waals surface area contributed by atoms with Gasteiger partial charge in [-0.25, -0.2) is 0 Å². The topological polar surface area (TPSA) is 231 Å². The number of aliphatic hydroxyl groups is 3. The van der Waals surface area contributed by atoms with E-state index in [0.29, 0.717) is 45.2 Å². The van der Waals surface area contributed by atoms with E-state index >= 15 is 0 Å². The highest BCUT2D eigenvalue weighted by Gasteiger charge is 2.54. The average Bonchev–Trinajstić information content (AvgIpc) is 3.35. The van der Waals surface area contributed by atoms with Crippen LogP contribution in [-0.4, -0.2) is 187 Å². The summed E-state index contributed by atoms with van der Waals surface area (Å²) in [6.45, 7) is 13.3. The molecule has 6 unspecified atom stereocenters. The number of hydrogen-bond acceptors (Lipinski definition) is 19. The van der Waals surface area contributed by atoms with Gasteiger partial charge in [0.05, 0.1) is 42.4 Å². The van der Waals surface area contributed by atoms with Gasteiger partial charge in [-0.3, -0.25) is 19.4 Å². The number of benzene rings is 1. The van der Waals surface area contributed by atoms with E-state index in [1.807, 2.05) is 68.3 Å². The fourth-order valence-corrected chi connectivity index (χ4v) is 10.7. The lowest BCUT2D eigenvalue weighted by Gasteiger charge is -2.51.